The van der Waals surface area contributed by atoms with Crippen LogP contribution in [0, 0.1) is 5.92 Å². The molecule has 0 radical (unpaired) electrons. The third kappa shape index (κ3) is 3.51. The van der Waals surface area contributed by atoms with Crippen LogP contribution in [0.15, 0.2) is 11.0 Å². The number of hydrogen-bond donors (Lipinski definition) is 2. The van der Waals surface area contributed by atoms with Crippen LogP contribution in [0.5, 0.6) is 0 Å². The largest absolute Gasteiger partial charge is 0.465 e. The van der Waals surface area contributed by atoms with Crippen LogP contribution in [-0.2, 0) is 14.3 Å². The second-order valence-corrected chi connectivity index (χ2v) is 6.99. The number of aromatic nitrogens is 3. The summed E-state index contributed by atoms with van der Waals surface area (Å²) < 4.78 is 12.9. The molecule has 1 fully saturated rings. The third-order valence-corrected chi connectivity index (χ3v) is 5.18. The number of nitrogen functional groups attached to an aromatic ring is 1. The lowest BCUT2D eigenvalue weighted by Crippen LogP contribution is -2.28. The number of hydrogen-bond acceptors (Lipinski definition) is 9. The minimum absolute atomic E-state index is 0.0457. The predicted octanol–water partition coefficient (Wildman–Crippen LogP) is 0.673. The lowest BCUT2D eigenvalue weighted by molar-refractivity contribution is -0.144. The Hall–Kier alpha value is -2.04. The summed E-state index contributed by atoms with van der Waals surface area (Å²) in [5, 5.41) is 10.4. The van der Waals surface area contributed by atoms with E-state index >= 15 is 0 Å². The average Bonchev–Trinajstić information content (AvgIpc) is 3.06. The molecule has 0 unspecified atom stereocenters. The predicted molar refractivity (Wildman–Crippen MR) is 91.0 cm³/mol. The van der Waals surface area contributed by atoms with Gasteiger partial charge in [0, 0.05) is 19.3 Å². The Bertz CT molecular complexity index is 835. The maximum absolute atomic E-state index is 12.4. The molecule has 0 aliphatic carbocycles. The van der Waals surface area contributed by atoms with Crippen molar-refractivity contribution in [2.75, 3.05) is 12.3 Å². The smallest absolute Gasteiger partial charge is 0.311 e. The molecule has 1 aliphatic rings. The molecule has 10 heteroatoms. The number of rotatable bonds is 5. The zero-order valence-corrected chi connectivity index (χ0v) is 14.7. The van der Waals surface area contributed by atoms with Gasteiger partial charge in [0.05, 0.1) is 23.6 Å². The molecule has 136 valence electrons. The van der Waals surface area contributed by atoms with Crippen molar-refractivity contribution in [2.45, 2.75) is 45.1 Å². The highest BCUT2D eigenvalue weighted by atomic mass is 32.1. The number of carbonyl (C=O) groups excluding carboxylic acids is 1. The molecule has 0 bridgehead atoms. The molecule has 2 aromatic rings. The maximum atomic E-state index is 12.4. The van der Waals surface area contributed by atoms with Crippen LogP contribution in [0.4, 0.5) is 5.95 Å². The van der Waals surface area contributed by atoms with E-state index in [-0.39, 0.29) is 35.4 Å². The van der Waals surface area contributed by atoms with Gasteiger partial charge in [-0.1, -0.05) is 18.3 Å². The topological polar surface area (TPSA) is 130 Å². The molecule has 3 N–H and O–H groups in total. The number of ether oxygens (including phenoxy) is 2. The lowest BCUT2D eigenvalue weighted by atomic mass is 9.97. The number of nitrogens with two attached hydrogens (primary N) is 1. The number of nitrogens with zero attached hydrogens (tertiary/aromatic N) is 3. The molecule has 0 saturated carbocycles. The summed E-state index contributed by atoms with van der Waals surface area (Å²) >= 11 is 0.972. The Morgan fingerprint density at radius 3 is 3.08 bits per heavy atom. The molecular weight excluding hydrogens is 348 g/mol. The van der Waals surface area contributed by atoms with E-state index in [4.69, 9.17) is 15.2 Å². The number of thiazole rings is 1. The van der Waals surface area contributed by atoms with E-state index in [1.165, 1.54) is 17.7 Å². The van der Waals surface area contributed by atoms with Crippen LogP contribution in [-0.4, -0.2) is 44.4 Å². The first-order valence-corrected chi connectivity index (χ1v) is 8.82. The SMILES string of the molecule is CC[C@H](COC(C)=O)[C@@H]1C[C@@H](O)[C@H](n2c(=O)sc3cnc(N)nc32)O1. The molecule has 1 aliphatic heterocycles. The van der Waals surface area contributed by atoms with Gasteiger partial charge in [-0.25, -0.2) is 4.98 Å². The number of aliphatic hydroxyl groups is 1. The van der Waals surface area contributed by atoms with Crippen molar-refractivity contribution in [3.05, 3.63) is 15.9 Å². The molecule has 2 aromatic heterocycles. The fourth-order valence-electron chi connectivity index (χ4n) is 3.00. The van der Waals surface area contributed by atoms with Gasteiger partial charge in [0.25, 0.3) is 0 Å². The molecular formula is C15H20N4O5S. The summed E-state index contributed by atoms with van der Waals surface area (Å²) in [7, 11) is 0. The van der Waals surface area contributed by atoms with Gasteiger partial charge in [-0.15, -0.1) is 0 Å². The highest BCUT2D eigenvalue weighted by molar-refractivity contribution is 7.16. The highest BCUT2D eigenvalue weighted by Crippen LogP contribution is 2.35. The van der Waals surface area contributed by atoms with E-state index in [1.54, 1.807) is 0 Å². The summed E-state index contributed by atoms with van der Waals surface area (Å²) in [6.45, 7) is 3.52. The minimum Gasteiger partial charge on any atom is -0.465 e. The molecule has 1 saturated heterocycles. The Morgan fingerprint density at radius 1 is 1.64 bits per heavy atom. The van der Waals surface area contributed by atoms with Crippen LogP contribution in [0.25, 0.3) is 10.3 Å². The second kappa shape index (κ2) is 7.06. The van der Waals surface area contributed by atoms with E-state index in [0.29, 0.717) is 23.2 Å². The van der Waals surface area contributed by atoms with Crippen molar-refractivity contribution < 1.29 is 19.4 Å². The van der Waals surface area contributed by atoms with Gasteiger partial charge in [0.2, 0.25) is 5.95 Å². The number of fused-ring (bicyclic) bond motifs is 1. The van der Waals surface area contributed by atoms with Crippen molar-refractivity contribution in [3.8, 4) is 0 Å². The van der Waals surface area contributed by atoms with E-state index < -0.39 is 12.3 Å². The normalized spacial score (nSPS) is 24.5. The van der Waals surface area contributed by atoms with Gasteiger partial charge in [0.15, 0.2) is 11.9 Å². The zero-order valence-electron chi connectivity index (χ0n) is 13.9. The second-order valence-electron chi connectivity index (χ2n) is 5.99. The minimum atomic E-state index is -0.872. The summed E-state index contributed by atoms with van der Waals surface area (Å²) in [5.41, 5.74) is 5.96. The van der Waals surface area contributed by atoms with Crippen LogP contribution in [0.1, 0.15) is 32.9 Å². The van der Waals surface area contributed by atoms with Crippen molar-refractivity contribution in [2.24, 2.45) is 5.92 Å². The standard InChI is InChI=1S/C15H20N4O5S/c1-3-8(6-23-7(2)20)10-4-9(21)13(24-10)19-12-11(25-15(19)22)5-17-14(16)18-12/h5,8-10,13,21H,3-4,6H2,1-2H3,(H2,16,17,18)/t8-,9-,10+,13-/m1/s1. The molecule has 9 nitrogen and oxygen atoms in total. The van der Waals surface area contributed by atoms with Crippen molar-refractivity contribution in [1.82, 2.24) is 14.5 Å². The van der Waals surface area contributed by atoms with Gasteiger partial charge < -0.3 is 20.3 Å². The van der Waals surface area contributed by atoms with Gasteiger partial charge in [0.1, 0.15) is 6.10 Å². The summed E-state index contributed by atoms with van der Waals surface area (Å²) in [6.07, 6.45) is 0.482. The van der Waals surface area contributed by atoms with E-state index in [2.05, 4.69) is 9.97 Å². The van der Waals surface area contributed by atoms with Crippen LogP contribution >= 0.6 is 11.3 Å². The Kier molecular flexibility index (Phi) is 5.02. The fourth-order valence-corrected chi connectivity index (χ4v) is 3.82. The first-order valence-electron chi connectivity index (χ1n) is 8.01. The fraction of sp³-hybridized carbons (Fsp3) is 0.600. The van der Waals surface area contributed by atoms with Gasteiger partial charge in [-0.2, -0.15) is 4.98 Å². The monoisotopic (exact) mass is 368 g/mol. The van der Waals surface area contributed by atoms with E-state index in [9.17, 15) is 14.7 Å². The Labute approximate surface area is 147 Å². The number of anilines is 1. The summed E-state index contributed by atoms with van der Waals surface area (Å²) in [4.78, 5) is 31.1. The van der Waals surface area contributed by atoms with E-state index in [1.807, 2.05) is 6.92 Å². The van der Waals surface area contributed by atoms with Gasteiger partial charge >= 0.3 is 10.8 Å². The first kappa shape index (κ1) is 17.8. The van der Waals surface area contributed by atoms with Crippen LogP contribution in [0.2, 0.25) is 0 Å². The molecule has 0 amide bonds. The number of esters is 1. The van der Waals surface area contributed by atoms with E-state index in [0.717, 1.165) is 11.3 Å². The Morgan fingerprint density at radius 2 is 2.40 bits per heavy atom. The Balaban J connectivity index is 1.87. The zero-order chi connectivity index (χ0) is 18.1. The molecule has 0 aromatic carbocycles. The number of aliphatic hydroxyl groups excluding tert-OH is 1. The quantitative estimate of drug-likeness (QED) is 0.737. The van der Waals surface area contributed by atoms with Crippen LogP contribution < -0.4 is 10.6 Å². The summed E-state index contributed by atoms with van der Waals surface area (Å²) in [6, 6.07) is 0. The van der Waals surface area contributed by atoms with Crippen LogP contribution in [0.3, 0.4) is 0 Å². The molecule has 4 atom stereocenters. The molecule has 25 heavy (non-hydrogen) atoms. The molecule has 3 heterocycles. The average molecular weight is 368 g/mol. The van der Waals surface area contributed by atoms with Crippen molar-refractivity contribution in [1.29, 1.82) is 0 Å². The van der Waals surface area contributed by atoms with Gasteiger partial charge in [-0.05, 0) is 6.42 Å². The van der Waals surface area contributed by atoms with Crippen molar-refractivity contribution in [3.63, 3.8) is 0 Å². The first-order chi connectivity index (χ1) is 11.9. The molecule has 3 rings (SSSR count). The highest BCUT2D eigenvalue weighted by Gasteiger charge is 2.40. The number of carbonyl (C=O) groups is 1. The summed E-state index contributed by atoms with van der Waals surface area (Å²) in [5.74, 6) is -0.381. The third-order valence-electron chi connectivity index (χ3n) is 4.30. The van der Waals surface area contributed by atoms with Gasteiger partial charge in [-0.3, -0.25) is 14.2 Å². The maximum Gasteiger partial charge on any atom is 0.311 e. The van der Waals surface area contributed by atoms with Crippen molar-refractivity contribution >= 4 is 33.6 Å². The lowest BCUT2D eigenvalue weighted by Gasteiger charge is -2.22. The molecule has 0 spiro atoms.